The molecule has 10 nitrogen and oxygen atoms in total. The Labute approximate surface area is 197 Å². The van der Waals surface area contributed by atoms with Crippen molar-refractivity contribution in [2.24, 2.45) is 0 Å². The molecule has 3 rings (SSSR count). The summed E-state index contributed by atoms with van der Waals surface area (Å²) < 4.78 is 0. The Morgan fingerprint density at radius 3 is 2.52 bits per heavy atom. The van der Waals surface area contributed by atoms with E-state index in [1.165, 1.54) is 23.2 Å². The zero-order chi connectivity index (χ0) is 24.0. The summed E-state index contributed by atoms with van der Waals surface area (Å²) in [6.45, 7) is 5.49. The highest BCUT2D eigenvalue weighted by molar-refractivity contribution is 7.10. The summed E-state index contributed by atoms with van der Waals surface area (Å²) in [6.07, 6.45) is 1.64. The second-order valence-electron chi connectivity index (χ2n) is 8.23. The van der Waals surface area contributed by atoms with Crippen LogP contribution in [0.5, 0.6) is 0 Å². The number of unbranched alkanes of at least 4 members (excludes halogenated alkanes) is 1. The number of amides is 4. The summed E-state index contributed by atoms with van der Waals surface area (Å²) in [4.78, 5) is 67.7. The predicted octanol–water partition coefficient (Wildman–Crippen LogP) is 0.448. The number of hydrogen-bond donors (Lipinski definition) is 3. The molecule has 2 saturated heterocycles. The third kappa shape index (κ3) is 5.77. The summed E-state index contributed by atoms with van der Waals surface area (Å²) in [7, 11) is 0. The Hall–Kier alpha value is -2.79. The number of rotatable bonds is 10. The van der Waals surface area contributed by atoms with Gasteiger partial charge in [0.2, 0.25) is 17.6 Å². The Morgan fingerprint density at radius 2 is 2.00 bits per heavy atom. The average molecular weight is 478 g/mol. The minimum atomic E-state index is -1.13. The lowest BCUT2D eigenvalue weighted by atomic mass is 9.98. The van der Waals surface area contributed by atoms with Gasteiger partial charge in [0.15, 0.2) is 5.78 Å². The van der Waals surface area contributed by atoms with Crippen LogP contribution < -0.4 is 16.0 Å². The largest absolute Gasteiger partial charge is 0.352 e. The third-order valence-corrected chi connectivity index (χ3v) is 6.80. The standard InChI is InChI=1S/C22H31N5O5S/c1-3-4-6-16(19(29)14(2)28)27(22(32)26-10-8-23-9-11-26)18(17-7-5-12-33-17)21(31)25-15-13-24-20(15)30/h5,7,12,15-16,18,23H,3-4,6,8-11,13H2,1-2H3,(H,24,30)(H,25,31). The van der Waals surface area contributed by atoms with Crippen molar-refractivity contribution in [1.82, 2.24) is 25.8 Å². The quantitative estimate of drug-likeness (QED) is 0.332. The van der Waals surface area contributed by atoms with E-state index in [4.69, 9.17) is 0 Å². The molecule has 1 aromatic heterocycles. The Balaban J connectivity index is 2.04. The van der Waals surface area contributed by atoms with E-state index in [9.17, 15) is 24.0 Å². The molecule has 0 saturated carbocycles. The van der Waals surface area contributed by atoms with Gasteiger partial charge in [0.05, 0.1) is 0 Å². The number of thiophene rings is 1. The fourth-order valence-electron chi connectivity index (χ4n) is 3.97. The molecule has 3 atom stereocenters. The highest BCUT2D eigenvalue weighted by atomic mass is 32.1. The lowest BCUT2D eigenvalue weighted by Crippen LogP contribution is -2.64. The zero-order valence-electron chi connectivity index (χ0n) is 19.0. The van der Waals surface area contributed by atoms with Gasteiger partial charge < -0.3 is 20.9 Å². The first kappa shape index (κ1) is 24.8. The van der Waals surface area contributed by atoms with Crippen molar-refractivity contribution in [2.45, 2.75) is 51.2 Å². The van der Waals surface area contributed by atoms with Crippen molar-refractivity contribution >= 4 is 40.7 Å². The molecule has 1 aromatic rings. The Kier molecular flexibility index (Phi) is 8.56. The van der Waals surface area contributed by atoms with Crippen LogP contribution in [0.1, 0.15) is 44.0 Å². The normalized spacial score (nSPS) is 19.6. The highest BCUT2D eigenvalue weighted by Crippen LogP contribution is 2.31. The Morgan fingerprint density at radius 1 is 1.27 bits per heavy atom. The zero-order valence-corrected chi connectivity index (χ0v) is 19.8. The first-order valence-corrected chi connectivity index (χ1v) is 12.2. The lowest BCUT2D eigenvalue weighted by Gasteiger charge is -2.41. The Bertz CT molecular complexity index is 884. The van der Waals surface area contributed by atoms with Crippen LogP contribution in [0.25, 0.3) is 0 Å². The minimum Gasteiger partial charge on any atom is -0.352 e. The van der Waals surface area contributed by atoms with Crippen LogP contribution in [0.4, 0.5) is 4.79 Å². The van der Waals surface area contributed by atoms with Gasteiger partial charge in [-0.1, -0.05) is 25.8 Å². The molecular formula is C22H31N5O5S. The third-order valence-electron chi connectivity index (χ3n) is 5.88. The van der Waals surface area contributed by atoms with Gasteiger partial charge in [0.1, 0.15) is 18.1 Å². The van der Waals surface area contributed by atoms with E-state index in [0.29, 0.717) is 44.0 Å². The van der Waals surface area contributed by atoms with E-state index < -0.39 is 41.6 Å². The van der Waals surface area contributed by atoms with Crippen molar-refractivity contribution in [3.63, 3.8) is 0 Å². The van der Waals surface area contributed by atoms with E-state index >= 15 is 0 Å². The molecule has 0 spiro atoms. The van der Waals surface area contributed by atoms with Crippen LogP contribution in [0.2, 0.25) is 0 Å². The van der Waals surface area contributed by atoms with Crippen LogP contribution in [-0.2, 0) is 19.2 Å². The number of nitrogens with one attached hydrogen (secondary N) is 3. The summed E-state index contributed by atoms with van der Waals surface area (Å²) in [5, 5.41) is 10.3. The fraction of sp³-hybridized carbons (Fsp3) is 0.591. The maximum atomic E-state index is 13.8. The number of hydrogen-bond acceptors (Lipinski definition) is 7. The number of ketones is 2. The summed E-state index contributed by atoms with van der Waals surface area (Å²) >= 11 is 1.28. The monoisotopic (exact) mass is 477 g/mol. The van der Waals surface area contributed by atoms with Crippen molar-refractivity contribution in [1.29, 1.82) is 0 Å². The maximum absolute atomic E-state index is 13.8. The van der Waals surface area contributed by atoms with Gasteiger partial charge in [-0.3, -0.25) is 24.1 Å². The molecular weight excluding hydrogens is 446 g/mol. The van der Waals surface area contributed by atoms with Crippen molar-refractivity contribution in [3.05, 3.63) is 22.4 Å². The van der Waals surface area contributed by atoms with Gasteiger partial charge in [0, 0.05) is 44.5 Å². The fourth-order valence-corrected chi connectivity index (χ4v) is 4.79. The summed E-state index contributed by atoms with van der Waals surface area (Å²) in [6, 6.07) is 0.136. The van der Waals surface area contributed by atoms with E-state index in [1.807, 2.05) is 6.92 Å². The van der Waals surface area contributed by atoms with Crippen molar-refractivity contribution in [2.75, 3.05) is 32.7 Å². The van der Waals surface area contributed by atoms with Gasteiger partial charge >= 0.3 is 6.03 Å². The number of urea groups is 1. The van der Waals surface area contributed by atoms with E-state index in [-0.39, 0.29) is 12.3 Å². The topological polar surface area (TPSA) is 128 Å². The molecule has 3 heterocycles. The van der Waals surface area contributed by atoms with Gasteiger partial charge in [0.25, 0.3) is 0 Å². The molecule has 0 radical (unpaired) electrons. The van der Waals surface area contributed by atoms with Crippen LogP contribution >= 0.6 is 11.3 Å². The lowest BCUT2D eigenvalue weighted by molar-refractivity contribution is -0.141. The van der Waals surface area contributed by atoms with Crippen LogP contribution in [0.15, 0.2) is 17.5 Å². The van der Waals surface area contributed by atoms with Crippen molar-refractivity contribution in [3.8, 4) is 0 Å². The van der Waals surface area contributed by atoms with Gasteiger partial charge in [-0.2, -0.15) is 0 Å². The van der Waals surface area contributed by atoms with E-state index in [2.05, 4.69) is 16.0 Å². The molecule has 0 aliphatic carbocycles. The van der Waals surface area contributed by atoms with Gasteiger partial charge in [-0.15, -0.1) is 11.3 Å². The molecule has 2 aliphatic rings. The number of β-lactam (4-membered cyclic amide) rings is 1. The molecule has 0 bridgehead atoms. The molecule has 2 fully saturated rings. The first-order valence-electron chi connectivity index (χ1n) is 11.3. The second-order valence-corrected chi connectivity index (χ2v) is 9.21. The smallest absolute Gasteiger partial charge is 0.321 e. The summed E-state index contributed by atoms with van der Waals surface area (Å²) in [5.74, 6) is -2.19. The summed E-state index contributed by atoms with van der Waals surface area (Å²) in [5.41, 5.74) is 0. The molecule has 2 aliphatic heterocycles. The molecule has 4 amide bonds. The molecule has 3 N–H and O–H groups in total. The van der Waals surface area contributed by atoms with E-state index in [1.54, 1.807) is 22.4 Å². The van der Waals surface area contributed by atoms with Crippen LogP contribution in [0, 0.1) is 0 Å². The second kappa shape index (κ2) is 11.4. The van der Waals surface area contributed by atoms with Gasteiger partial charge in [-0.05, 0) is 17.9 Å². The van der Waals surface area contributed by atoms with E-state index in [0.717, 1.165) is 6.42 Å². The first-order chi connectivity index (χ1) is 15.8. The maximum Gasteiger partial charge on any atom is 0.321 e. The van der Waals surface area contributed by atoms with Gasteiger partial charge in [-0.25, -0.2) is 4.79 Å². The molecule has 3 unspecified atom stereocenters. The number of Topliss-reactive ketones (excluding diaryl/α,β-unsaturated/α-hetero) is 2. The number of nitrogens with zero attached hydrogens (tertiary/aromatic N) is 2. The molecule has 11 heteroatoms. The number of carbonyl (C=O) groups excluding carboxylic acids is 5. The molecule has 33 heavy (non-hydrogen) atoms. The molecule has 180 valence electrons. The SMILES string of the molecule is CCCCC(C(=O)C(C)=O)N(C(=O)N1CCNCC1)C(C(=O)NC1CNC1=O)c1cccs1. The molecule has 0 aromatic carbocycles. The van der Waals surface area contributed by atoms with Crippen molar-refractivity contribution < 1.29 is 24.0 Å². The predicted molar refractivity (Wildman–Crippen MR) is 123 cm³/mol. The van der Waals surface area contributed by atoms with Crippen LogP contribution in [-0.4, -0.2) is 84.0 Å². The average Bonchev–Trinajstić information content (AvgIpc) is 3.35. The van der Waals surface area contributed by atoms with Crippen LogP contribution in [0.3, 0.4) is 0 Å². The number of piperazine rings is 1. The minimum absolute atomic E-state index is 0.270. The number of carbonyl (C=O) groups is 5. The highest BCUT2D eigenvalue weighted by Gasteiger charge is 2.44.